The van der Waals surface area contributed by atoms with Gasteiger partial charge < -0.3 is 15.2 Å². The molecule has 0 saturated heterocycles. The first-order valence-electron chi connectivity index (χ1n) is 6.13. The number of esters is 1. The van der Waals surface area contributed by atoms with Gasteiger partial charge in [-0.1, -0.05) is 23.4 Å². The quantitative estimate of drug-likeness (QED) is 0.721. The average molecular weight is 290 g/mol. The minimum absolute atomic E-state index is 0.0796. The topological polar surface area (TPSA) is 106 Å². The summed E-state index contributed by atoms with van der Waals surface area (Å²) >= 11 is 0. The average Bonchev–Trinajstić information content (AvgIpc) is 3.02. The number of aliphatic hydroxyl groups is 1. The van der Waals surface area contributed by atoms with Crippen LogP contribution in [-0.4, -0.2) is 51.7 Å². The standard InChI is InChI=1S/C13H14N4O4/c1-21-13(20)11(18)7-14-12(19)10-8-17(16-15-10)9-5-3-2-4-6-9/h2-6,8,11,18H,7H2,1H3,(H,14,19). The fourth-order valence-corrected chi connectivity index (χ4v) is 1.57. The third kappa shape index (κ3) is 3.63. The fourth-order valence-electron chi connectivity index (χ4n) is 1.57. The van der Waals surface area contributed by atoms with Crippen LogP contribution in [0.5, 0.6) is 0 Å². The van der Waals surface area contributed by atoms with Crippen molar-refractivity contribution in [3.8, 4) is 5.69 Å². The molecule has 0 saturated carbocycles. The Morgan fingerprint density at radius 1 is 1.38 bits per heavy atom. The van der Waals surface area contributed by atoms with E-state index in [4.69, 9.17) is 0 Å². The van der Waals surface area contributed by atoms with Crippen molar-refractivity contribution in [2.45, 2.75) is 6.10 Å². The molecule has 0 aliphatic heterocycles. The van der Waals surface area contributed by atoms with E-state index in [0.717, 1.165) is 12.8 Å². The second kappa shape index (κ2) is 6.62. The van der Waals surface area contributed by atoms with Crippen molar-refractivity contribution >= 4 is 11.9 Å². The number of para-hydroxylation sites is 1. The molecule has 110 valence electrons. The van der Waals surface area contributed by atoms with Crippen molar-refractivity contribution in [2.24, 2.45) is 0 Å². The second-order valence-corrected chi connectivity index (χ2v) is 4.13. The van der Waals surface area contributed by atoms with E-state index in [0.29, 0.717) is 0 Å². The van der Waals surface area contributed by atoms with E-state index in [2.05, 4.69) is 20.4 Å². The minimum atomic E-state index is -1.41. The van der Waals surface area contributed by atoms with Crippen LogP contribution in [-0.2, 0) is 9.53 Å². The highest BCUT2D eigenvalue weighted by Gasteiger charge is 2.18. The van der Waals surface area contributed by atoms with E-state index >= 15 is 0 Å². The minimum Gasteiger partial charge on any atom is -0.467 e. The van der Waals surface area contributed by atoms with E-state index in [1.807, 2.05) is 30.3 Å². The molecular formula is C13H14N4O4. The Balaban J connectivity index is 1.98. The normalized spacial score (nSPS) is 11.7. The number of rotatable bonds is 5. The molecule has 0 spiro atoms. The van der Waals surface area contributed by atoms with Gasteiger partial charge in [-0.3, -0.25) is 4.79 Å². The number of hydrogen-bond donors (Lipinski definition) is 2. The predicted molar refractivity (Wildman–Crippen MR) is 71.7 cm³/mol. The number of aromatic nitrogens is 3. The van der Waals surface area contributed by atoms with Gasteiger partial charge >= 0.3 is 5.97 Å². The van der Waals surface area contributed by atoms with Gasteiger partial charge in [-0.25, -0.2) is 9.48 Å². The van der Waals surface area contributed by atoms with E-state index in [1.54, 1.807) is 0 Å². The first-order valence-corrected chi connectivity index (χ1v) is 6.13. The largest absolute Gasteiger partial charge is 0.467 e. The lowest BCUT2D eigenvalue weighted by molar-refractivity contribution is -0.149. The first-order chi connectivity index (χ1) is 10.1. The number of carbonyl (C=O) groups is 2. The second-order valence-electron chi connectivity index (χ2n) is 4.13. The van der Waals surface area contributed by atoms with Gasteiger partial charge in [0.25, 0.3) is 5.91 Å². The number of nitrogens with one attached hydrogen (secondary N) is 1. The van der Waals surface area contributed by atoms with E-state index < -0.39 is 18.0 Å². The Hall–Kier alpha value is -2.74. The molecule has 1 atom stereocenters. The smallest absolute Gasteiger partial charge is 0.336 e. The van der Waals surface area contributed by atoms with Crippen molar-refractivity contribution < 1.29 is 19.4 Å². The SMILES string of the molecule is COC(=O)C(O)CNC(=O)c1cn(-c2ccccc2)nn1. The number of nitrogens with zero attached hydrogens (tertiary/aromatic N) is 3. The van der Waals surface area contributed by atoms with Crippen LogP contribution in [0.3, 0.4) is 0 Å². The zero-order valence-electron chi connectivity index (χ0n) is 11.3. The van der Waals surface area contributed by atoms with Crippen molar-refractivity contribution in [1.29, 1.82) is 0 Å². The Kier molecular flexibility index (Phi) is 4.62. The van der Waals surface area contributed by atoms with E-state index in [9.17, 15) is 14.7 Å². The highest BCUT2D eigenvalue weighted by atomic mass is 16.5. The van der Waals surface area contributed by atoms with Crippen LogP contribution in [0, 0.1) is 0 Å². The molecule has 0 aliphatic rings. The highest BCUT2D eigenvalue weighted by Crippen LogP contribution is 2.05. The van der Waals surface area contributed by atoms with Gasteiger partial charge in [-0.05, 0) is 12.1 Å². The fraction of sp³-hybridized carbons (Fsp3) is 0.231. The van der Waals surface area contributed by atoms with Crippen molar-refractivity contribution in [3.63, 3.8) is 0 Å². The summed E-state index contributed by atoms with van der Waals surface area (Å²) in [5.41, 5.74) is 0.842. The van der Waals surface area contributed by atoms with Gasteiger partial charge in [-0.15, -0.1) is 5.10 Å². The molecule has 2 N–H and O–H groups in total. The van der Waals surface area contributed by atoms with Crippen LogP contribution in [0.2, 0.25) is 0 Å². The van der Waals surface area contributed by atoms with Crippen molar-refractivity contribution in [1.82, 2.24) is 20.3 Å². The number of methoxy groups -OCH3 is 1. The van der Waals surface area contributed by atoms with Crippen molar-refractivity contribution in [2.75, 3.05) is 13.7 Å². The van der Waals surface area contributed by atoms with Crippen LogP contribution in [0.4, 0.5) is 0 Å². The van der Waals surface area contributed by atoms with Crippen molar-refractivity contribution in [3.05, 3.63) is 42.2 Å². The number of aliphatic hydroxyl groups excluding tert-OH is 1. The summed E-state index contributed by atoms with van der Waals surface area (Å²) in [4.78, 5) is 22.8. The molecule has 8 nitrogen and oxygen atoms in total. The Bertz CT molecular complexity index is 626. The summed E-state index contributed by atoms with van der Waals surface area (Å²) in [6.07, 6.45) is 0.0398. The number of benzene rings is 1. The third-order valence-electron chi connectivity index (χ3n) is 2.68. The summed E-state index contributed by atoms with van der Waals surface area (Å²) < 4.78 is 5.79. The molecule has 0 radical (unpaired) electrons. The number of ether oxygens (including phenoxy) is 1. The van der Waals surface area contributed by atoms with Crippen LogP contribution < -0.4 is 5.32 Å². The molecule has 21 heavy (non-hydrogen) atoms. The lowest BCUT2D eigenvalue weighted by Gasteiger charge is -2.08. The van der Waals surface area contributed by atoms with Crippen LogP contribution in [0.1, 0.15) is 10.5 Å². The molecule has 1 aromatic heterocycles. The maximum Gasteiger partial charge on any atom is 0.336 e. The van der Waals surface area contributed by atoms with Gasteiger partial charge in [0.1, 0.15) is 0 Å². The summed E-state index contributed by atoms with van der Waals surface area (Å²) in [5.74, 6) is -1.36. The molecular weight excluding hydrogens is 276 g/mol. The maximum absolute atomic E-state index is 11.8. The molecule has 0 fully saturated rings. The van der Waals surface area contributed by atoms with Crippen LogP contribution in [0.15, 0.2) is 36.5 Å². The molecule has 2 rings (SSSR count). The number of amides is 1. The molecule has 1 heterocycles. The van der Waals surface area contributed by atoms with Gasteiger partial charge in [0, 0.05) is 0 Å². The Morgan fingerprint density at radius 2 is 2.10 bits per heavy atom. The third-order valence-corrected chi connectivity index (χ3v) is 2.68. The monoisotopic (exact) mass is 290 g/mol. The first kappa shape index (κ1) is 14.7. The number of hydrogen-bond acceptors (Lipinski definition) is 6. The molecule has 1 aromatic carbocycles. The zero-order valence-corrected chi connectivity index (χ0v) is 11.3. The summed E-state index contributed by atoms with van der Waals surface area (Å²) in [6, 6.07) is 9.17. The lowest BCUT2D eigenvalue weighted by Crippen LogP contribution is -2.37. The summed E-state index contributed by atoms with van der Waals surface area (Å²) in [5, 5.41) is 19.3. The van der Waals surface area contributed by atoms with Crippen LogP contribution in [0.25, 0.3) is 5.69 Å². The lowest BCUT2D eigenvalue weighted by atomic mass is 10.3. The maximum atomic E-state index is 11.8. The number of carbonyl (C=O) groups excluding carboxylic acids is 2. The molecule has 2 aromatic rings. The zero-order chi connectivity index (χ0) is 15.2. The summed E-state index contributed by atoms with van der Waals surface area (Å²) in [6.45, 7) is -0.260. The van der Waals surface area contributed by atoms with Crippen LogP contribution >= 0.6 is 0 Å². The van der Waals surface area contributed by atoms with E-state index in [1.165, 1.54) is 10.9 Å². The highest BCUT2D eigenvalue weighted by molar-refractivity contribution is 5.92. The van der Waals surface area contributed by atoms with Gasteiger partial charge in [0.15, 0.2) is 11.8 Å². The van der Waals surface area contributed by atoms with Gasteiger partial charge in [0.2, 0.25) is 0 Å². The molecule has 8 heteroatoms. The molecule has 1 amide bonds. The van der Waals surface area contributed by atoms with E-state index in [-0.39, 0.29) is 12.2 Å². The predicted octanol–water partition coefficient (Wildman–Crippen LogP) is -0.469. The molecule has 0 aliphatic carbocycles. The molecule has 1 unspecified atom stereocenters. The molecule has 0 bridgehead atoms. The summed E-state index contributed by atoms with van der Waals surface area (Å²) in [7, 11) is 1.15. The van der Waals surface area contributed by atoms with Gasteiger partial charge in [-0.2, -0.15) is 0 Å². The Morgan fingerprint density at radius 3 is 2.76 bits per heavy atom. The Labute approximate surface area is 120 Å². The van der Waals surface area contributed by atoms with Gasteiger partial charge in [0.05, 0.1) is 25.5 Å².